The molecule has 0 heterocycles. The Bertz CT molecular complexity index is 539. The van der Waals surface area contributed by atoms with Crippen LogP contribution >= 0.6 is 0 Å². The number of benzene rings is 1. The second kappa shape index (κ2) is 6.68. The number of aryl methyl sites for hydroxylation is 1. The van der Waals surface area contributed by atoms with Gasteiger partial charge in [-0.1, -0.05) is 29.8 Å². The maximum absolute atomic E-state index is 11.9. The van der Waals surface area contributed by atoms with Crippen LogP contribution in [0.3, 0.4) is 0 Å². The normalized spacial score (nSPS) is 11.7. The van der Waals surface area contributed by atoms with Gasteiger partial charge in [0.1, 0.15) is 0 Å². The van der Waals surface area contributed by atoms with Crippen molar-refractivity contribution < 1.29 is 18.3 Å². The second-order valence-electron chi connectivity index (χ2n) is 4.56. The van der Waals surface area contributed by atoms with Gasteiger partial charge in [0.05, 0.1) is 5.75 Å². The van der Waals surface area contributed by atoms with Gasteiger partial charge in [0.2, 0.25) is 10.0 Å². The zero-order valence-electron chi connectivity index (χ0n) is 11.2. The van der Waals surface area contributed by atoms with Crippen molar-refractivity contribution in [3.63, 3.8) is 0 Å². The van der Waals surface area contributed by atoms with Crippen LogP contribution in [0.4, 0.5) is 0 Å². The van der Waals surface area contributed by atoms with E-state index in [2.05, 4.69) is 0 Å². The molecule has 1 aromatic carbocycles. The van der Waals surface area contributed by atoms with Crippen LogP contribution in [0.2, 0.25) is 0 Å². The fraction of sp³-hybridized carbons (Fsp3) is 0.462. The highest BCUT2D eigenvalue weighted by Crippen LogP contribution is 2.10. The van der Waals surface area contributed by atoms with Crippen molar-refractivity contribution in [3.8, 4) is 0 Å². The van der Waals surface area contributed by atoms with Crippen LogP contribution in [-0.4, -0.2) is 36.6 Å². The minimum Gasteiger partial charge on any atom is -0.481 e. The predicted octanol–water partition coefficient (Wildman–Crippen LogP) is 1.62. The molecule has 0 spiro atoms. The summed E-state index contributed by atoms with van der Waals surface area (Å²) in [6.45, 7) is 2.25. The van der Waals surface area contributed by atoms with Gasteiger partial charge in [0.25, 0.3) is 0 Å². The third-order valence-corrected chi connectivity index (χ3v) is 4.64. The Labute approximate surface area is 113 Å². The lowest BCUT2D eigenvalue weighted by Gasteiger charge is -2.17. The first-order valence-electron chi connectivity index (χ1n) is 6.02. The molecule has 19 heavy (non-hydrogen) atoms. The molecule has 0 aliphatic heterocycles. The van der Waals surface area contributed by atoms with Gasteiger partial charge in [-0.15, -0.1) is 0 Å². The Kier molecular flexibility index (Phi) is 5.50. The Morgan fingerprint density at radius 2 is 2.05 bits per heavy atom. The van der Waals surface area contributed by atoms with Crippen molar-refractivity contribution in [1.82, 2.24) is 4.31 Å². The third kappa shape index (κ3) is 5.40. The van der Waals surface area contributed by atoms with Gasteiger partial charge < -0.3 is 5.11 Å². The first-order valence-corrected chi connectivity index (χ1v) is 7.63. The number of hydrogen-bond acceptors (Lipinski definition) is 3. The highest BCUT2D eigenvalue weighted by atomic mass is 32.2. The van der Waals surface area contributed by atoms with E-state index in [1.807, 2.05) is 31.2 Å². The number of carboxylic acids is 1. The number of sulfonamides is 1. The van der Waals surface area contributed by atoms with Crippen molar-refractivity contribution >= 4 is 16.0 Å². The maximum atomic E-state index is 11.9. The van der Waals surface area contributed by atoms with Crippen molar-refractivity contribution in [2.24, 2.45) is 0 Å². The number of aliphatic carboxylic acids is 1. The van der Waals surface area contributed by atoms with Gasteiger partial charge >= 0.3 is 5.97 Å². The maximum Gasteiger partial charge on any atom is 0.303 e. The van der Waals surface area contributed by atoms with Gasteiger partial charge in [0, 0.05) is 20.0 Å². The summed E-state index contributed by atoms with van der Waals surface area (Å²) in [4.78, 5) is 10.4. The zero-order chi connectivity index (χ0) is 14.5. The van der Waals surface area contributed by atoms with E-state index in [-0.39, 0.29) is 18.6 Å². The minimum absolute atomic E-state index is 0.127. The van der Waals surface area contributed by atoms with Crippen molar-refractivity contribution in [3.05, 3.63) is 35.4 Å². The van der Waals surface area contributed by atoms with E-state index in [1.54, 1.807) is 0 Å². The van der Waals surface area contributed by atoms with Gasteiger partial charge in [-0.3, -0.25) is 4.79 Å². The van der Waals surface area contributed by atoms with Crippen LogP contribution < -0.4 is 0 Å². The number of hydrogen-bond donors (Lipinski definition) is 1. The quantitative estimate of drug-likeness (QED) is 0.826. The average Bonchev–Trinajstić information content (AvgIpc) is 2.28. The predicted molar refractivity (Wildman–Crippen MR) is 73.3 cm³/mol. The highest BCUT2D eigenvalue weighted by Gasteiger charge is 2.18. The van der Waals surface area contributed by atoms with Gasteiger partial charge in [-0.2, -0.15) is 0 Å². The molecule has 0 radical (unpaired) electrons. The summed E-state index contributed by atoms with van der Waals surface area (Å²) in [5.74, 6) is -1.11. The lowest BCUT2D eigenvalue weighted by Crippen LogP contribution is -2.29. The molecular formula is C13H19NO4S. The molecule has 0 aromatic heterocycles. The number of carbonyl (C=O) groups is 1. The first kappa shape index (κ1) is 15.7. The lowest BCUT2D eigenvalue weighted by molar-refractivity contribution is -0.137. The Balaban J connectivity index is 2.61. The van der Waals surface area contributed by atoms with Crippen LogP contribution in [-0.2, 0) is 21.4 Å². The van der Waals surface area contributed by atoms with E-state index in [0.29, 0.717) is 6.54 Å². The number of carboxylic acid groups (broad SMARTS) is 1. The van der Waals surface area contributed by atoms with E-state index in [4.69, 9.17) is 5.11 Å². The third-order valence-electron chi connectivity index (χ3n) is 2.76. The lowest BCUT2D eigenvalue weighted by atomic mass is 10.1. The molecule has 0 aliphatic rings. The molecule has 0 saturated heterocycles. The first-order chi connectivity index (χ1) is 8.81. The summed E-state index contributed by atoms with van der Waals surface area (Å²) in [6.07, 6.45) is 0.00728. The monoisotopic (exact) mass is 285 g/mol. The van der Waals surface area contributed by atoms with Crippen molar-refractivity contribution in [1.29, 1.82) is 0 Å². The smallest absolute Gasteiger partial charge is 0.303 e. The summed E-state index contributed by atoms with van der Waals surface area (Å²) in [5, 5.41) is 8.51. The summed E-state index contributed by atoms with van der Waals surface area (Å²) in [6, 6.07) is 7.64. The molecule has 0 aliphatic carbocycles. The topological polar surface area (TPSA) is 74.7 Å². The van der Waals surface area contributed by atoms with E-state index < -0.39 is 16.0 Å². The Hall–Kier alpha value is -1.40. The van der Waals surface area contributed by atoms with E-state index in [0.717, 1.165) is 11.1 Å². The molecule has 6 heteroatoms. The van der Waals surface area contributed by atoms with Gasteiger partial charge in [-0.25, -0.2) is 12.7 Å². The van der Waals surface area contributed by atoms with Gasteiger partial charge in [0.15, 0.2) is 0 Å². The largest absolute Gasteiger partial charge is 0.481 e. The summed E-state index contributed by atoms with van der Waals surface area (Å²) in [5.41, 5.74) is 2.00. The number of rotatable bonds is 7. The molecule has 106 valence electrons. The molecule has 1 aromatic rings. The van der Waals surface area contributed by atoms with Crippen LogP contribution in [0.15, 0.2) is 24.3 Å². The molecule has 1 rings (SSSR count). The van der Waals surface area contributed by atoms with E-state index in [1.165, 1.54) is 11.4 Å². The van der Waals surface area contributed by atoms with E-state index in [9.17, 15) is 13.2 Å². The van der Waals surface area contributed by atoms with Gasteiger partial charge in [-0.05, 0) is 18.9 Å². The Morgan fingerprint density at radius 3 is 2.63 bits per heavy atom. The molecule has 5 nitrogen and oxygen atoms in total. The zero-order valence-corrected chi connectivity index (χ0v) is 12.0. The molecule has 0 amide bonds. The van der Waals surface area contributed by atoms with E-state index >= 15 is 0 Å². The van der Waals surface area contributed by atoms with Crippen LogP contribution in [0.1, 0.15) is 24.0 Å². The van der Waals surface area contributed by atoms with Crippen molar-refractivity contribution in [2.75, 3.05) is 12.8 Å². The number of nitrogens with zero attached hydrogens (tertiary/aromatic N) is 1. The second-order valence-corrected chi connectivity index (χ2v) is 6.75. The summed E-state index contributed by atoms with van der Waals surface area (Å²) in [7, 11) is -1.88. The van der Waals surface area contributed by atoms with Crippen LogP contribution in [0, 0.1) is 6.92 Å². The molecule has 0 unspecified atom stereocenters. The molecule has 0 atom stereocenters. The molecule has 0 fully saturated rings. The van der Waals surface area contributed by atoms with Crippen molar-refractivity contribution in [2.45, 2.75) is 26.3 Å². The van der Waals surface area contributed by atoms with Crippen LogP contribution in [0.5, 0.6) is 0 Å². The fourth-order valence-electron chi connectivity index (χ4n) is 1.73. The Morgan fingerprint density at radius 1 is 1.37 bits per heavy atom. The molecule has 1 N–H and O–H groups in total. The fourth-order valence-corrected chi connectivity index (χ4v) is 2.89. The summed E-state index contributed by atoms with van der Waals surface area (Å²) >= 11 is 0. The molecule has 0 saturated carbocycles. The molecular weight excluding hydrogens is 266 g/mol. The highest BCUT2D eigenvalue weighted by molar-refractivity contribution is 7.89. The minimum atomic E-state index is -3.40. The van der Waals surface area contributed by atoms with Crippen LogP contribution in [0.25, 0.3) is 0 Å². The average molecular weight is 285 g/mol. The standard InChI is InChI=1S/C13H19NO4S/c1-11-5-3-6-12(9-11)10-14(2)19(17,18)8-4-7-13(15)16/h3,5-6,9H,4,7-8,10H2,1-2H3,(H,15,16). The SMILES string of the molecule is Cc1cccc(CN(C)S(=O)(=O)CCCC(=O)O)c1. The molecule has 0 bridgehead atoms. The summed E-state index contributed by atoms with van der Waals surface area (Å²) < 4.78 is 25.1.